The summed E-state index contributed by atoms with van der Waals surface area (Å²) in [7, 11) is 0. The summed E-state index contributed by atoms with van der Waals surface area (Å²) in [5, 5.41) is 11.8. The van der Waals surface area contributed by atoms with Crippen molar-refractivity contribution in [1.29, 1.82) is 0 Å². The van der Waals surface area contributed by atoms with Crippen LogP contribution >= 0.6 is 0 Å². The van der Waals surface area contributed by atoms with Crippen LogP contribution in [0.15, 0.2) is 24.3 Å². The number of hydrogen-bond acceptors (Lipinski definition) is 3. The highest BCUT2D eigenvalue weighted by Crippen LogP contribution is 2.44. The Bertz CT molecular complexity index is 461. The van der Waals surface area contributed by atoms with Gasteiger partial charge < -0.3 is 15.2 Å². The molecule has 0 atom stereocenters. The van der Waals surface area contributed by atoms with E-state index in [4.69, 9.17) is 5.11 Å². The molecule has 1 fully saturated rings. The van der Waals surface area contributed by atoms with Crippen molar-refractivity contribution in [2.45, 2.75) is 19.5 Å². The van der Waals surface area contributed by atoms with Gasteiger partial charge in [0.25, 0.3) is 5.91 Å². The standard InChI is InChI=1S/C13H15F2NO3/c14-12(15)19-10-3-1-2-9(6-10)11(18)16-7-13(8-17)4-5-13/h1-3,6,12,17H,4-5,7-8H2,(H,16,18). The molecular weight excluding hydrogens is 256 g/mol. The predicted molar refractivity (Wildman–Crippen MR) is 64.2 cm³/mol. The topological polar surface area (TPSA) is 58.6 Å². The third-order valence-electron chi connectivity index (χ3n) is 3.24. The van der Waals surface area contributed by atoms with E-state index in [1.807, 2.05) is 0 Å². The van der Waals surface area contributed by atoms with E-state index in [1.165, 1.54) is 24.3 Å². The van der Waals surface area contributed by atoms with Gasteiger partial charge in [-0.25, -0.2) is 0 Å². The maximum atomic E-state index is 12.1. The van der Waals surface area contributed by atoms with Crippen molar-refractivity contribution in [2.75, 3.05) is 13.2 Å². The lowest BCUT2D eigenvalue weighted by Crippen LogP contribution is -2.31. The molecule has 4 nitrogen and oxygen atoms in total. The molecule has 1 aromatic carbocycles. The minimum Gasteiger partial charge on any atom is -0.435 e. The fraction of sp³-hybridized carbons (Fsp3) is 0.462. The van der Waals surface area contributed by atoms with Crippen molar-refractivity contribution >= 4 is 5.91 Å². The van der Waals surface area contributed by atoms with Gasteiger partial charge in [0.1, 0.15) is 5.75 Å². The fourth-order valence-electron chi connectivity index (χ4n) is 1.75. The molecule has 0 spiro atoms. The molecule has 1 aromatic rings. The summed E-state index contributed by atoms with van der Waals surface area (Å²) in [6, 6.07) is 5.62. The molecule has 2 N–H and O–H groups in total. The van der Waals surface area contributed by atoms with Gasteiger partial charge in [-0.05, 0) is 31.0 Å². The average Bonchev–Trinajstić information content (AvgIpc) is 3.16. The van der Waals surface area contributed by atoms with Crippen molar-refractivity contribution in [3.8, 4) is 5.75 Å². The Balaban J connectivity index is 1.95. The molecule has 0 heterocycles. The summed E-state index contributed by atoms with van der Waals surface area (Å²) in [5.74, 6) is -0.412. The van der Waals surface area contributed by atoms with Crippen LogP contribution in [0.2, 0.25) is 0 Å². The molecule has 1 aliphatic carbocycles. The molecule has 0 bridgehead atoms. The van der Waals surface area contributed by atoms with Crippen LogP contribution in [0.25, 0.3) is 0 Å². The van der Waals surface area contributed by atoms with Crippen molar-refractivity contribution in [3.63, 3.8) is 0 Å². The number of benzene rings is 1. The zero-order valence-electron chi connectivity index (χ0n) is 10.2. The molecule has 104 valence electrons. The number of halogens is 2. The molecule has 1 aliphatic rings. The lowest BCUT2D eigenvalue weighted by Gasteiger charge is -2.13. The second kappa shape index (κ2) is 5.52. The Morgan fingerprint density at radius 3 is 2.79 bits per heavy atom. The van der Waals surface area contributed by atoms with Gasteiger partial charge >= 0.3 is 6.61 Å². The van der Waals surface area contributed by atoms with E-state index in [0.717, 1.165) is 12.8 Å². The molecule has 0 aromatic heterocycles. The number of rotatable bonds is 6. The monoisotopic (exact) mass is 271 g/mol. The Morgan fingerprint density at radius 1 is 1.47 bits per heavy atom. The summed E-state index contributed by atoms with van der Waals surface area (Å²) < 4.78 is 28.4. The molecule has 0 radical (unpaired) electrons. The number of nitrogens with one attached hydrogen (secondary N) is 1. The van der Waals surface area contributed by atoms with E-state index in [0.29, 0.717) is 6.54 Å². The molecule has 2 rings (SSSR count). The van der Waals surface area contributed by atoms with Gasteiger partial charge in [0.2, 0.25) is 0 Å². The Hall–Kier alpha value is -1.69. The highest BCUT2D eigenvalue weighted by atomic mass is 19.3. The lowest BCUT2D eigenvalue weighted by molar-refractivity contribution is -0.0498. The average molecular weight is 271 g/mol. The van der Waals surface area contributed by atoms with E-state index in [1.54, 1.807) is 0 Å². The second-order valence-electron chi connectivity index (χ2n) is 4.75. The number of aliphatic hydroxyl groups excluding tert-OH is 1. The summed E-state index contributed by atoms with van der Waals surface area (Å²) >= 11 is 0. The molecule has 0 saturated heterocycles. The number of hydrogen-bond donors (Lipinski definition) is 2. The number of aliphatic hydroxyl groups is 1. The van der Waals surface area contributed by atoms with Gasteiger partial charge in [0.15, 0.2) is 0 Å². The molecule has 0 aliphatic heterocycles. The third kappa shape index (κ3) is 3.64. The molecule has 19 heavy (non-hydrogen) atoms. The Kier molecular flexibility index (Phi) is 3.99. The molecule has 6 heteroatoms. The largest absolute Gasteiger partial charge is 0.435 e. The number of carbonyl (C=O) groups excluding carboxylic acids is 1. The Morgan fingerprint density at radius 2 is 2.21 bits per heavy atom. The van der Waals surface area contributed by atoms with Crippen molar-refractivity contribution in [1.82, 2.24) is 5.32 Å². The van der Waals surface area contributed by atoms with E-state index >= 15 is 0 Å². The number of amides is 1. The van der Waals surface area contributed by atoms with Crippen LogP contribution in [0.5, 0.6) is 5.75 Å². The van der Waals surface area contributed by atoms with E-state index in [9.17, 15) is 13.6 Å². The van der Waals surface area contributed by atoms with Gasteiger partial charge in [-0.1, -0.05) is 6.07 Å². The van der Waals surface area contributed by atoms with Gasteiger partial charge in [-0.15, -0.1) is 0 Å². The normalized spacial score (nSPS) is 16.2. The quantitative estimate of drug-likeness (QED) is 0.829. The number of alkyl halides is 2. The van der Waals surface area contributed by atoms with Gasteiger partial charge in [0.05, 0.1) is 6.61 Å². The van der Waals surface area contributed by atoms with Gasteiger partial charge in [-0.3, -0.25) is 4.79 Å². The maximum Gasteiger partial charge on any atom is 0.387 e. The molecule has 0 unspecified atom stereocenters. The molecule has 1 amide bonds. The van der Waals surface area contributed by atoms with Crippen LogP contribution in [-0.2, 0) is 0 Å². The predicted octanol–water partition coefficient (Wildman–Crippen LogP) is 1.79. The summed E-state index contributed by atoms with van der Waals surface area (Å²) in [4.78, 5) is 11.8. The number of carbonyl (C=O) groups is 1. The van der Waals surface area contributed by atoms with Crippen LogP contribution in [0, 0.1) is 5.41 Å². The smallest absolute Gasteiger partial charge is 0.387 e. The zero-order chi connectivity index (χ0) is 13.9. The van der Waals surface area contributed by atoms with Crippen molar-refractivity contribution < 1.29 is 23.4 Å². The van der Waals surface area contributed by atoms with E-state index in [-0.39, 0.29) is 29.2 Å². The highest BCUT2D eigenvalue weighted by molar-refractivity contribution is 5.94. The van der Waals surface area contributed by atoms with Gasteiger partial charge in [-0.2, -0.15) is 8.78 Å². The fourth-order valence-corrected chi connectivity index (χ4v) is 1.75. The van der Waals surface area contributed by atoms with Crippen molar-refractivity contribution in [2.24, 2.45) is 5.41 Å². The minimum absolute atomic E-state index is 0.0435. The zero-order valence-corrected chi connectivity index (χ0v) is 10.2. The van der Waals surface area contributed by atoms with Crippen LogP contribution in [0.3, 0.4) is 0 Å². The summed E-state index contributed by atoms with van der Waals surface area (Å²) in [6.45, 7) is -2.48. The first-order chi connectivity index (χ1) is 9.04. The first-order valence-corrected chi connectivity index (χ1v) is 5.99. The van der Waals surface area contributed by atoms with Crippen LogP contribution in [0.4, 0.5) is 8.78 Å². The van der Waals surface area contributed by atoms with E-state index < -0.39 is 6.61 Å². The Labute approximate surface area is 109 Å². The van der Waals surface area contributed by atoms with Crippen LogP contribution in [0.1, 0.15) is 23.2 Å². The highest BCUT2D eigenvalue weighted by Gasteiger charge is 2.42. The molecular formula is C13H15F2NO3. The minimum atomic E-state index is -2.91. The third-order valence-corrected chi connectivity index (χ3v) is 3.24. The van der Waals surface area contributed by atoms with Gasteiger partial charge in [0, 0.05) is 17.5 Å². The van der Waals surface area contributed by atoms with Crippen LogP contribution < -0.4 is 10.1 Å². The van der Waals surface area contributed by atoms with Crippen molar-refractivity contribution in [3.05, 3.63) is 29.8 Å². The van der Waals surface area contributed by atoms with Crippen LogP contribution in [-0.4, -0.2) is 30.8 Å². The van der Waals surface area contributed by atoms with E-state index in [2.05, 4.69) is 10.1 Å². The SMILES string of the molecule is O=C(NCC1(CO)CC1)c1cccc(OC(F)F)c1. The number of ether oxygens (including phenoxy) is 1. The second-order valence-corrected chi connectivity index (χ2v) is 4.75. The summed E-state index contributed by atoms with van der Waals surface area (Å²) in [5.41, 5.74) is 0.0686. The molecule has 1 saturated carbocycles. The first-order valence-electron chi connectivity index (χ1n) is 5.99. The maximum absolute atomic E-state index is 12.1. The first kappa shape index (κ1) is 13.7. The summed E-state index contributed by atoms with van der Waals surface area (Å²) in [6.07, 6.45) is 1.77. The lowest BCUT2D eigenvalue weighted by atomic mass is 10.1.